The maximum atomic E-state index is 6.29. The Labute approximate surface area is 138 Å². The van der Waals surface area contributed by atoms with E-state index in [2.05, 4.69) is 54.2 Å². The molecule has 0 fully saturated rings. The fraction of sp³-hybridized carbons (Fsp3) is 0.375. The number of aryl methyl sites for hydroxylation is 1. The van der Waals surface area contributed by atoms with E-state index in [4.69, 9.17) is 11.6 Å². The molecule has 20 heavy (non-hydrogen) atoms. The molecule has 0 aliphatic heterocycles. The fourth-order valence-corrected chi connectivity index (χ4v) is 4.42. The molecule has 108 valence electrons. The Morgan fingerprint density at radius 1 is 1.35 bits per heavy atom. The van der Waals surface area contributed by atoms with Gasteiger partial charge in [0.15, 0.2) is 0 Å². The Hall–Kier alpha value is -0.350. The van der Waals surface area contributed by atoms with Crippen molar-refractivity contribution in [2.75, 3.05) is 6.54 Å². The lowest BCUT2D eigenvalue weighted by atomic mass is 10.00. The van der Waals surface area contributed by atoms with Crippen LogP contribution in [-0.4, -0.2) is 6.54 Å². The number of nitrogens with one attached hydrogen (secondary N) is 1. The molecule has 1 atom stereocenters. The van der Waals surface area contributed by atoms with Crippen LogP contribution in [0.2, 0.25) is 5.02 Å². The number of hydrogen-bond acceptors (Lipinski definition) is 2. The van der Waals surface area contributed by atoms with Crippen LogP contribution in [0, 0.1) is 13.8 Å². The Bertz CT molecular complexity index is 594. The third kappa shape index (κ3) is 3.45. The van der Waals surface area contributed by atoms with Crippen LogP contribution in [0.5, 0.6) is 0 Å². The van der Waals surface area contributed by atoms with E-state index in [0.717, 1.165) is 23.6 Å². The van der Waals surface area contributed by atoms with Crippen molar-refractivity contribution in [2.24, 2.45) is 0 Å². The van der Waals surface area contributed by atoms with Gasteiger partial charge in [0.1, 0.15) is 0 Å². The minimum absolute atomic E-state index is 0.196. The van der Waals surface area contributed by atoms with Crippen molar-refractivity contribution in [2.45, 2.75) is 33.2 Å². The summed E-state index contributed by atoms with van der Waals surface area (Å²) in [6.45, 7) is 7.40. The number of thiophene rings is 1. The van der Waals surface area contributed by atoms with Gasteiger partial charge in [-0.1, -0.05) is 30.7 Å². The van der Waals surface area contributed by atoms with Crippen LogP contribution < -0.4 is 5.32 Å². The second-order valence-electron chi connectivity index (χ2n) is 4.91. The van der Waals surface area contributed by atoms with Gasteiger partial charge in [-0.05, 0) is 66.0 Å². The quantitative estimate of drug-likeness (QED) is 0.692. The third-order valence-corrected chi connectivity index (χ3v) is 5.76. The highest BCUT2D eigenvalue weighted by Crippen LogP contribution is 2.37. The molecule has 1 heterocycles. The average Bonchev–Trinajstić information content (AvgIpc) is 2.74. The monoisotopic (exact) mass is 371 g/mol. The lowest BCUT2D eigenvalue weighted by Crippen LogP contribution is -2.23. The molecule has 0 aliphatic carbocycles. The second-order valence-corrected chi connectivity index (χ2v) is 7.46. The summed E-state index contributed by atoms with van der Waals surface area (Å²) in [5.74, 6) is 0. The molecule has 0 aliphatic rings. The highest BCUT2D eigenvalue weighted by atomic mass is 79.9. The van der Waals surface area contributed by atoms with Crippen LogP contribution in [-0.2, 0) is 0 Å². The SMILES string of the molecule is CCCNC(c1cccc(Cl)c1C)c1sc(C)cc1Br. The minimum atomic E-state index is 0.196. The average molecular weight is 373 g/mol. The van der Waals surface area contributed by atoms with Crippen molar-refractivity contribution < 1.29 is 0 Å². The largest absolute Gasteiger partial charge is 0.306 e. The van der Waals surface area contributed by atoms with Crippen molar-refractivity contribution in [1.82, 2.24) is 5.32 Å². The molecule has 0 saturated carbocycles. The van der Waals surface area contributed by atoms with Gasteiger partial charge in [-0.25, -0.2) is 0 Å². The van der Waals surface area contributed by atoms with Crippen molar-refractivity contribution in [1.29, 1.82) is 0 Å². The van der Waals surface area contributed by atoms with Gasteiger partial charge in [-0.15, -0.1) is 11.3 Å². The molecule has 1 nitrogen and oxygen atoms in total. The number of hydrogen-bond donors (Lipinski definition) is 1. The van der Waals surface area contributed by atoms with Gasteiger partial charge in [-0.3, -0.25) is 0 Å². The van der Waals surface area contributed by atoms with Gasteiger partial charge in [0.05, 0.1) is 6.04 Å². The van der Waals surface area contributed by atoms with Crippen LogP contribution in [0.1, 0.15) is 40.3 Å². The zero-order valence-electron chi connectivity index (χ0n) is 12.0. The standard InChI is InChI=1S/C16H19BrClNS/c1-4-8-19-15(16-13(17)9-10(2)20-16)12-6-5-7-14(18)11(12)3/h5-7,9,15,19H,4,8H2,1-3H3. The first kappa shape index (κ1) is 16.0. The summed E-state index contributed by atoms with van der Waals surface area (Å²) < 4.78 is 1.17. The van der Waals surface area contributed by atoms with E-state index in [0.29, 0.717) is 0 Å². The van der Waals surface area contributed by atoms with Crippen LogP contribution >= 0.6 is 38.9 Å². The van der Waals surface area contributed by atoms with Crippen LogP contribution in [0.4, 0.5) is 0 Å². The van der Waals surface area contributed by atoms with E-state index in [1.54, 1.807) is 0 Å². The smallest absolute Gasteiger partial charge is 0.0685 e. The van der Waals surface area contributed by atoms with E-state index >= 15 is 0 Å². The van der Waals surface area contributed by atoms with Gasteiger partial charge in [0.2, 0.25) is 0 Å². The first-order chi connectivity index (χ1) is 9.54. The first-order valence-corrected chi connectivity index (χ1v) is 8.77. The van der Waals surface area contributed by atoms with Gasteiger partial charge in [0, 0.05) is 19.2 Å². The summed E-state index contributed by atoms with van der Waals surface area (Å²) in [6, 6.07) is 8.52. The van der Waals surface area contributed by atoms with E-state index in [-0.39, 0.29) is 6.04 Å². The molecule has 2 aromatic rings. The van der Waals surface area contributed by atoms with Crippen LogP contribution in [0.3, 0.4) is 0 Å². The number of rotatable bonds is 5. The first-order valence-electron chi connectivity index (χ1n) is 6.78. The molecule has 4 heteroatoms. The minimum Gasteiger partial charge on any atom is -0.306 e. The van der Waals surface area contributed by atoms with Crippen molar-refractivity contribution in [3.05, 3.63) is 54.6 Å². The van der Waals surface area contributed by atoms with E-state index in [1.165, 1.54) is 19.8 Å². The number of halogens is 2. The van der Waals surface area contributed by atoms with Gasteiger partial charge in [0.25, 0.3) is 0 Å². The molecule has 2 rings (SSSR count). The fourth-order valence-electron chi connectivity index (χ4n) is 2.27. The molecule has 0 amide bonds. The van der Waals surface area contributed by atoms with Crippen LogP contribution in [0.15, 0.2) is 28.7 Å². The van der Waals surface area contributed by atoms with Gasteiger partial charge >= 0.3 is 0 Å². The zero-order valence-corrected chi connectivity index (χ0v) is 15.1. The van der Waals surface area contributed by atoms with E-state index in [9.17, 15) is 0 Å². The molecule has 1 unspecified atom stereocenters. The molecule has 0 spiro atoms. The molecule has 1 aromatic carbocycles. The molecule has 0 radical (unpaired) electrons. The second kappa shape index (κ2) is 7.08. The third-order valence-electron chi connectivity index (χ3n) is 3.32. The Balaban J connectivity index is 2.47. The molecule has 1 N–H and O–H groups in total. The summed E-state index contributed by atoms with van der Waals surface area (Å²) in [4.78, 5) is 2.64. The normalized spacial score (nSPS) is 12.7. The maximum Gasteiger partial charge on any atom is 0.0685 e. The maximum absolute atomic E-state index is 6.29. The van der Waals surface area contributed by atoms with Crippen molar-refractivity contribution >= 4 is 38.9 Å². The summed E-state index contributed by atoms with van der Waals surface area (Å²) in [5.41, 5.74) is 2.41. The highest BCUT2D eigenvalue weighted by Gasteiger charge is 2.21. The zero-order chi connectivity index (χ0) is 14.7. The Kier molecular flexibility index (Phi) is 5.67. The molecule has 0 bridgehead atoms. The summed E-state index contributed by atoms with van der Waals surface area (Å²) in [7, 11) is 0. The van der Waals surface area contributed by atoms with Crippen LogP contribution in [0.25, 0.3) is 0 Å². The molecule has 0 saturated heterocycles. The predicted octanol–water partition coefficient (Wildman–Crippen LogP) is 5.87. The predicted molar refractivity (Wildman–Crippen MR) is 93.1 cm³/mol. The number of benzene rings is 1. The summed E-state index contributed by atoms with van der Waals surface area (Å²) in [5, 5.41) is 4.47. The van der Waals surface area contributed by atoms with Crippen molar-refractivity contribution in [3.63, 3.8) is 0 Å². The highest BCUT2D eigenvalue weighted by molar-refractivity contribution is 9.10. The molecular weight excluding hydrogens is 354 g/mol. The Morgan fingerprint density at radius 3 is 2.70 bits per heavy atom. The lowest BCUT2D eigenvalue weighted by Gasteiger charge is -2.21. The summed E-state index contributed by atoms with van der Waals surface area (Å²) >= 11 is 11.8. The molecular formula is C16H19BrClNS. The Morgan fingerprint density at radius 2 is 2.10 bits per heavy atom. The van der Waals surface area contributed by atoms with Gasteiger partial charge in [-0.2, -0.15) is 0 Å². The topological polar surface area (TPSA) is 12.0 Å². The summed E-state index contributed by atoms with van der Waals surface area (Å²) in [6.07, 6.45) is 1.11. The van der Waals surface area contributed by atoms with E-state index < -0.39 is 0 Å². The van der Waals surface area contributed by atoms with Gasteiger partial charge < -0.3 is 5.32 Å². The van der Waals surface area contributed by atoms with E-state index in [1.807, 2.05) is 23.5 Å². The lowest BCUT2D eigenvalue weighted by molar-refractivity contribution is 0.602. The molecule has 1 aromatic heterocycles. The van der Waals surface area contributed by atoms with Crippen molar-refractivity contribution in [3.8, 4) is 0 Å².